The Morgan fingerprint density at radius 3 is 3.00 bits per heavy atom. The smallest absolute Gasteiger partial charge is 0.210 e. The number of benzene rings is 1. The number of fused-ring (bicyclic) bond motifs is 2. The van der Waals surface area contributed by atoms with Crippen molar-refractivity contribution in [2.24, 2.45) is 0 Å². The predicted octanol–water partition coefficient (Wildman–Crippen LogP) is 2.91. The number of hydrogen-bond donors (Lipinski definition) is 1. The molecule has 2 atom stereocenters. The molecule has 1 fully saturated rings. The summed E-state index contributed by atoms with van der Waals surface area (Å²) >= 11 is 1.86. The minimum Gasteiger partial charge on any atom is -0.496 e. The van der Waals surface area contributed by atoms with Crippen LogP contribution in [0, 0.1) is 0 Å². The number of aromatic nitrogens is 3. The lowest BCUT2D eigenvalue weighted by molar-refractivity contribution is 0.415. The molecule has 2 aromatic rings. The molecule has 1 aliphatic heterocycles. The summed E-state index contributed by atoms with van der Waals surface area (Å²) in [4.78, 5) is 0. The van der Waals surface area contributed by atoms with Crippen molar-refractivity contribution in [3.05, 3.63) is 24.3 Å². The topological polar surface area (TPSA) is 52.0 Å². The third-order valence-corrected chi connectivity index (χ3v) is 5.58. The quantitative estimate of drug-likeness (QED) is 0.924. The number of thioether (sulfide) groups is 1. The molecule has 2 unspecified atom stereocenters. The van der Waals surface area contributed by atoms with Crippen LogP contribution in [-0.2, 0) is 0 Å². The van der Waals surface area contributed by atoms with Crippen LogP contribution in [-0.4, -0.2) is 33.3 Å². The van der Waals surface area contributed by atoms with Crippen LogP contribution in [0.15, 0.2) is 29.4 Å². The first-order valence-corrected chi connectivity index (χ1v) is 8.27. The zero-order chi connectivity index (χ0) is 14.2. The van der Waals surface area contributed by atoms with Crippen molar-refractivity contribution in [3.8, 4) is 17.1 Å². The number of nitrogens with one attached hydrogen (secondary N) is 1. The Bertz CT molecular complexity index is 657. The molecule has 1 aromatic heterocycles. The van der Waals surface area contributed by atoms with Crippen LogP contribution in [0.2, 0.25) is 0 Å². The van der Waals surface area contributed by atoms with Crippen LogP contribution in [0.25, 0.3) is 11.4 Å². The van der Waals surface area contributed by atoms with Crippen molar-refractivity contribution in [1.29, 1.82) is 0 Å². The van der Waals surface area contributed by atoms with Crippen molar-refractivity contribution in [3.63, 3.8) is 0 Å². The van der Waals surface area contributed by atoms with Gasteiger partial charge in [0.25, 0.3) is 0 Å². The van der Waals surface area contributed by atoms with E-state index in [1.165, 1.54) is 25.7 Å². The van der Waals surface area contributed by atoms with Gasteiger partial charge in [-0.15, -0.1) is 10.2 Å². The highest BCUT2D eigenvalue weighted by Gasteiger charge is 2.34. The third-order valence-electron chi connectivity index (χ3n) is 4.24. The standard InChI is InChI=1S/C15H18N4OS/c1-20-12-8-4-2-6-10(12)14-16-17-15-19(14)18-11-7-3-5-9-13(11)21-15/h2,4,6,8,11,13,18H,3,5,7,9H2,1H3. The maximum atomic E-state index is 5.45. The Morgan fingerprint density at radius 2 is 2.10 bits per heavy atom. The Morgan fingerprint density at radius 1 is 1.24 bits per heavy atom. The van der Waals surface area contributed by atoms with Gasteiger partial charge in [0.15, 0.2) is 5.82 Å². The van der Waals surface area contributed by atoms with Crippen LogP contribution >= 0.6 is 11.8 Å². The maximum Gasteiger partial charge on any atom is 0.210 e. The number of rotatable bonds is 2. The van der Waals surface area contributed by atoms with E-state index in [4.69, 9.17) is 4.74 Å². The van der Waals surface area contributed by atoms with Gasteiger partial charge in [0.05, 0.1) is 18.7 Å². The second-order valence-electron chi connectivity index (χ2n) is 5.52. The van der Waals surface area contributed by atoms with Gasteiger partial charge in [-0.25, -0.2) is 4.68 Å². The number of hydrogen-bond acceptors (Lipinski definition) is 5. The van der Waals surface area contributed by atoms with Crippen LogP contribution in [0.5, 0.6) is 5.75 Å². The molecule has 21 heavy (non-hydrogen) atoms. The highest BCUT2D eigenvalue weighted by atomic mass is 32.2. The van der Waals surface area contributed by atoms with E-state index in [2.05, 4.69) is 15.6 Å². The maximum absolute atomic E-state index is 5.45. The van der Waals surface area contributed by atoms with Crippen LogP contribution in [0.1, 0.15) is 25.7 Å². The number of methoxy groups -OCH3 is 1. The van der Waals surface area contributed by atoms with E-state index in [-0.39, 0.29) is 0 Å². The summed E-state index contributed by atoms with van der Waals surface area (Å²) in [5.41, 5.74) is 4.59. The number of ether oxygens (including phenoxy) is 1. The normalized spacial score (nSPS) is 23.9. The van der Waals surface area contributed by atoms with Crippen LogP contribution in [0.4, 0.5) is 0 Å². The molecule has 1 N–H and O–H groups in total. The van der Waals surface area contributed by atoms with Gasteiger partial charge in [-0.05, 0) is 25.0 Å². The fourth-order valence-corrected chi connectivity index (χ4v) is 4.40. The van der Waals surface area contributed by atoms with Crippen molar-refractivity contribution < 1.29 is 4.74 Å². The summed E-state index contributed by atoms with van der Waals surface area (Å²) in [5.74, 6) is 1.66. The zero-order valence-corrected chi connectivity index (χ0v) is 12.8. The fourth-order valence-electron chi connectivity index (χ4n) is 3.15. The van der Waals surface area contributed by atoms with Crippen molar-refractivity contribution in [1.82, 2.24) is 14.9 Å². The summed E-state index contributed by atoms with van der Waals surface area (Å²) in [6.07, 6.45) is 5.11. The molecule has 0 saturated heterocycles. The molecule has 0 radical (unpaired) electrons. The van der Waals surface area contributed by atoms with Crippen LogP contribution in [0.3, 0.4) is 0 Å². The van der Waals surface area contributed by atoms with Gasteiger partial charge >= 0.3 is 0 Å². The average Bonchev–Trinajstić information content (AvgIpc) is 2.95. The lowest BCUT2D eigenvalue weighted by Crippen LogP contribution is -2.43. The monoisotopic (exact) mass is 302 g/mol. The summed E-state index contributed by atoms with van der Waals surface area (Å²) < 4.78 is 7.49. The molecular formula is C15H18N4OS. The van der Waals surface area contributed by atoms with E-state index in [0.717, 1.165) is 22.3 Å². The first-order valence-electron chi connectivity index (χ1n) is 7.39. The molecule has 5 nitrogen and oxygen atoms in total. The van der Waals surface area contributed by atoms with E-state index in [1.807, 2.05) is 40.7 Å². The van der Waals surface area contributed by atoms with Crippen molar-refractivity contribution in [2.75, 3.05) is 12.5 Å². The minimum atomic E-state index is 0.515. The molecule has 1 aromatic carbocycles. The van der Waals surface area contributed by atoms with Gasteiger partial charge in [0.1, 0.15) is 5.75 Å². The fraction of sp³-hybridized carbons (Fsp3) is 0.467. The SMILES string of the molecule is COc1ccccc1-c1nnc2n1NC1CCCCC1S2. The summed E-state index contributed by atoms with van der Waals surface area (Å²) in [6.45, 7) is 0. The lowest BCUT2D eigenvalue weighted by Gasteiger charge is -2.36. The van der Waals surface area contributed by atoms with E-state index < -0.39 is 0 Å². The second kappa shape index (κ2) is 5.26. The average molecular weight is 302 g/mol. The number of para-hydroxylation sites is 1. The van der Waals surface area contributed by atoms with Crippen molar-refractivity contribution in [2.45, 2.75) is 42.1 Å². The molecule has 110 valence electrons. The minimum absolute atomic E-state index is 0.515. The highest BCUT2D eigenvalue weighted by Crippen LogP contribution is 2.39. The number of nitrogens with zero attached hydrogens (tertiary/aromatic N) is 3. The first kappa shape index (κ1) is 13.0. The summed E-state index contributed by atoms with van der Waals surface area (Å²) in [6, 6.07) is 8.46. The Kier molecular flexibility index (Phi) is 3.25. The van der Waals surface area contributed by atoms with Gasteiger partial charge in [-0.3, -0.25) is 0 Å². The molecule has 1 aliphatic carbocycles. The van der Waals surface area contributed by atoms with Gasteiger partial charge in [0, 0.05) is 5.25 Å². The molecule has 0 bridgehead atoms. The Hall–Kier alpha value is -1.69. The summed E-state index contributed by atoms with van der Waals surface area (Å²) in [7, 11) is 1.69. The van der Waals surface area contributed by atoms with E-state index >= 15 is 0 Å². The van der Waals surface area contributed by atoms with E-state index in [1.54, 1.807) is 7.11 Å². The molecule has 2 heterocycles. The van der Waals surface area contributed by atoms with Crippen LogP contribution < -0.4 is 10.2 Å². The Labute approximate surface area is 128 Å². The largest absolute Gasteiger partial charge is 0.496 e. The second-order valence-corrected chi connectivity index (χ2v) is 6.72. The molecule has 1 saturated carbocycles. The molecule has 4 rings (SSSR count). The first-order chi connectivity index (χ1) is 10.4. The summed E-state index contributed by atoms with van der Waals surface area (Å²) in [5, 5.41) is 10.3. The van der Waals surface area contributed by atoms with Gasteiger partial charge in [0.2, 0.25) is 5.16 Å². The van der Waals surface area contributed by atoms with E-state index in [9.17, 15) is 0 Å². The van der Waals surface area contributed by atoms with Crippen molar-refractivity contribution >= 4 is 11.8 Å². The molecule has 0 spiro atoms. The van der Waals surface area contributed by atoms with Gasteiger partial charge in [-0.2, -0.15) is 0 Å². The molecule has 0 amide bonds. The molecular weight excluding hydrogens is 284 g/mol. The third kappa shape index (κ3) is 2.18. The highest BCUT2D eigenvalue weighted by molar-refractivity contribution is 7.99. The molecule has 6 heteroatoms. The van der Waals surface area contributed by atoms with E-state index in [0.29, 0.717) is 11.3 Å². The molecule has 2 aliphatic rings. The predicted molar refractivity (Wildman–Crippen MR) is 83.3 cm³/mol. The Balaban J connectivity index is 1.74. The van der Waals surface area contributed by atoms with Gasteiger partial charge < -0.3 is 10.2 Å². The lowest BCUT2D eigenvalue weighted by atomic mass is 9.95. The zero-order valence-electron chi connectivity index (χ0n) is 12.0. The van der Waals surface area contributed by atoms with Gasteiger partial charge in [-0.1, -0.05) is 36.7 Å².